The Labute approximate surface area is 100 Å². The Morgan fingerprint density at radius 2 is 2.29 bits per heavy atom. The topological polar surface area (TPSA) is 95.9 Å². The molecule has 0 aliphatic heterocycles. The zero-order valence-corrected chi connectivity index (χ0v) is 10.1. The third-order valence-electron chi connectivity index (χ3n) is 2.21. The van der Waals surface area contributed by atoms with Gasteiger partial charge >= 0.3 is 0 Å². The lowest BCUT2D eigenvalue weighted by molar-refractivity contribution is 0.0779. The van der Waals surface area contributed by atoms with Crippen molar-refractivity contribution in [1.82, 2.24) is 14.9 Å². The van der Waals surface area contributed by atoms with Crippen LogP contribution in [0.1, 0.15) is 23.1 Å². The van der Waals surface area contributed by atoms with Gasteiger partial charge in [-0.1, -0.05) is 0 Å². The summed E-state index contributed by atoms with van der Waals surface area (Å²) in [5.41, 5.74) is 6.37. The monoisotopic (exact) mass is 233 g/mol. The molecule has 1 aromatic rings. The Bertz CT molecular complexity index is 445. The average molecular weight is 233 g/mol. The summed E-state index contributed by atoms with van der Waals surface area (Å²) in [5, 5.41) is 8.69. The first kappa shape index (κ1) is 12.9. The number of nitriles is 1. The van der Waals surface area contributed by atoms with Crippen LogP contribution in [0.3, 0.4) is 0 Å². The molecule has 0 saturated heterocycles. The summed E-state index contributed by atoms with van der Waals surface area (Å²) >= 11 is 0. The van der Waals surface area contributed by atoms with Crippen molar-refractivity contribution in [3.8, 4) is 6.07 Å². The van der Waals surface area contributed by atoms with E-state index >= 15 is 0 Å². The molecule has 0 bridgehead atoms. The van der Waals surface area contributed by atoms with Crippen molar-refractivity contribution in [2.75, 3.05) is 19.3 Å². The van der Waals surface area contributed by atoms with Crippen molar-refractivity contribution in [1.29, 1.82) is 5.26 Å². The van der Waals surface area contributed by atoms with Crippen LogP contribution in [0.4, 0.5) is 5.95 Å². The molecular formula is C11H15N5O. The van der Waals surface area contributed by atoms with E-state index in [4.69, 9.17) is 11.0 Å². The number of hydrogen-bond donors (Lipinski definition) is 1. The van der Waals surface area contributed by atoms with Gasteiger partial charge in [0, 0.05) is 19.3 Å². The van der Waals surface area contributed by atoms with Crippen LogP contribution < -0.4 is 5.73 Å². The second-order valence-corrected chi connectivity index (χ2v) is 3.97. The van der Waals surface area contributed by atoms with Crippen molar-refractivity contribution in [3.05, 3.63) is 17.5 Å². The number of amides is 1. The second kappa shape index (κ2) is 5.25. The number of anilines is 1. The smallest absolute Gasteiger partial charge is 0.272 e. The molecule has 1 rings (SSSR count). The van der Waals surface area contributed by atoms with Crippen LogP contribution >= 0.6 is 0 Å². The van der Waals surface area contributed by atoms with Crippen molar-refractivity contribution in [2.24, 2.45) is 5.92 Å². The Morgan fingerprint density at radius 3 is 2.82 bits per heavy atom. The van der Waals surface area contributed by atoms with Crippen molar-refractivity contribution in [2.45, 2.75) is 13.8 Å². The quantitative estimate of drug-likeness (QED) is 0.824. The molecule has 0 aliphatic rings. The summed E-state index contributed by atoms with van der Waals surface area (Å²) in [4.78, 5) is 21.2. The molecule has 0 saturated carbocycles. The van der Waals surface area contributed by atoms with E-state index in [1.165, 1.54) is 4.90 Å². The summed E-state index contributed by atoms with van der Waals surface area (Å²) in [5.74, 6) is -0.399. The minimum atomic E-state index is -0.260. The molecule has 0 radical (unpaired) electrons. The number of carbonyl (C=O) groups excluding carboxylic acids is 1. The lowest BCUT2D eigenvalue weighted by atomic mass is 10.2. The lowest BCUT2D eigenvalue weighted by Gasteiger charge is -2.17. The van der Waals surface area contributed by atoms with Crippen molar-refractivity contribution in [3.63, 3.8) is 0 Å². The molecular weight excluding hydrogens is 218 g/mol. The Balaban J connectivity index is 2.86. The number of carbonyl (C=O) groups is 1. The van der Waals surface area contributed by atoms with Crippen LogP contribution in [-0.2, 0) is 0 Å². The molecule has 0 fully saturated rings. The number of aromatic nitrogens is 2. The molecule has 1 unspecified atom stereocenters. The molecule has 2 N–H and O–H groups in total. The summed E-state index contributed by atoms with van der Waals surface area (Å²) in [6.07, 6.45) is 0. The van der Waals surface area contributed by atoms with E-state index in [9.17, 15) is 4.79 Å². The highest BCUT2D eigenvalue weighted by Gasteiger charge is 2.16. The number of rotatable bonds is 3. The van der Waals surface area contributed by atoms with E-state index in [0.29, 0.717) is 12.2 Å². The molecule has 0 spiro atoms. The predicted octanol–water partition coefficient (Wildman–Crippen LogP) is 0.599. The van der Waals surface area contributed by atoms with Crippen LogP contribution in [-0.4, -0.2) is 34.4 Å². The summed E-state index contributed by atoms with van der Waals surface area (Å²) in [6, 6.07) is 3.65. The van der Waals surface area contributed by atoms with Gasteiger partial charge in [0.25, 0.3) is 5.91 Å². The second-order valence-electron chi connectivity index (χ2n) is 3.97. The summed E-state index contributed by atoms with van der Waals surface area (Å²) < 4.78 is 0. The maximum Gasteiger partial charge on any atom is 0.272 e. The Kier molecular flexibility index (Phi) is 3.99. The van der Waals surface area contributed by atoms with Gasteiger partial charge in [-0.2, -0.15) is 5.26 Å². The van der Waals surface area contributed by atoms with Crippen molar-refractivity contribution >= 4 is 11.9 Å². The molecule has 1 aromatic heterocycles. The molecule has 90 valence electrons. The fourth-order valence-electron chi connectivity index (χ4n) is 1.43. The van der Waals surface area contributed by atoms with Crippen LogP contribution in [0, 0.1) is 24.2 Å². The minimum absolute atomic E-state index is 0.0788. The minimum Gasteiger partial charge on any atom is -0.368 e. The van der Waals surface area contributed by atoms with Crippen LogP contribution in [0.15, 0.2) is 6.07 Å². The third kappa shape index (κ3) is 3.41. The van der Waals surface area contributed by atoms with Crippen LogP contribution in [0.5, 0.6) is 0 Å². The van der Waals surface area contributed by atoms with E-state index in [1.807, 2.05) is 0 Å². The normalized spacial score (nSPS) is 11.6. The van der Waals surface area contributed by atoms with E-state index in [0.717, 1.165) is 0 Å². The third-order valence-corrected chi connectivity index (χ3v) is 2.21. The van der Waals surface area contributed by atoms with Gasteiger partial charge in [-0.3, -0.25) is 4.79 Å². The van der Waals surface area contributed by atoms with E-state index in [2.05, 4.69) is 16.0 Å². The predicted molar refractivity (Wildman–Crippen MR) is 62.9 cm³/mol. The average Bonchev–Trinajstić information content (AvgIpc) is 2.26. The molecule has 1 atom stereocenters. The highest BCUT2D eigenvalue weighted by Crippen LogP contribution is 2.06. The number of nitrogens with zero attached hydrogens (tertiary/aromatic N) is 4. The molecule has 17 heavy (non-hydrogen) atoms. The fraction of sp³-hybridized carbons (Fsp3) is 0.455. The van der Waals surface area contributed by atoms with Crippen LogP contribution in [0.25, 0.3) is 0 Å². The first-order chi connectivity index (χ1) is 7.93. The lowest BCUT2D eigenvalue weighted by Crippen LogP contribution is -2.31. The van der Waals surface area contributed by atoms with Gasteiger partial charge in [0.1, 0.15) is 5.69 Å². The van der Waals surface area contributed by atoms with E-state index in [1.54, 1.807) is 27.0 Å². The zero-order chi connectivity index (χ0) is 13.0. The van der Waals surface area contributed by atoms with E-state index in [-0.39, 0.29) is 23.5 Å². The first-order valence-corrected chi connectivity index (χ1v) is 5.20. The SMILES string of the molecule is Cc1cc(C(=O)N(C)CC(C)C#N)nc(N)n1. The fourth-order valence-corrected chi connectivity index (χ4v) is 1.43. The van der Waals surface area contributed by atoms with E-state index < -0.39 is 0 Å². The Morgan fingerprint density at radius 1 is 1.65 bits per heavy atom. The zero-order valence-electron chi connectivity index (χ0n) is 10.1. The summed E-state index contributed by atoms with van der Waals surface area (Å²) in [7, 11) is 1.63. The Hall–Kier alpha value is -2.16. The van der Waals surface area contributed by atoms with Gasteiger partial charge in [-0.05, 0) is 19.9 Å². The van der Waals surface area contributed by atoms with Crippen LogP contribution in [0.2, 0.25) is 0 Å². The largest absolute Gasteiger partial charge is 0.368 e. The molecule has 1 amide bonds. The maximum atomic E-state index is 12.0. The highest BCUT2D eigenvalue weighted by atomic mass is 16.2. The van der Waals surface area contributed by atoms with Gasteiger partial charge in [-0.25, -0.2) is 9.97 Å². The number of aryl methyl sites for hydroxylation is 1. The van der Waals surface area contributed by atoms with Gasteiger partial charge < -0.3 is 10.6 Å². The number of nitrogen functional groups attached to an aromatic ring is 1. The molecule has 6 heteroatoms. The number of hydrogen-bond acceptors (Lipinski definition) is 5. The van der Waals surface area contributed by atoms with Gasteiger partial charge in [-0.15, -0.1) is 0 Å². The first-order valence-electron chi connectivity index (χ1n) is 5.20. The van der Waals surface area contributed by atoms with Crippen molar-refractivity contribution < 1.29 is 4.79 Å². The molecule has 0 aliphatic carbocycles. The number of nitrogens with two attached hydrogens (primary N) is 1. The standard InChI is InChI=1S/C11H15N5O/c1-7(5-12)6-16(3)10(17)9-4-8(2)14-11(13)15-9/h4,7H,6H2,1-3H3,(H2,13,14,15). The highest BCUT2D eigenvalue weighted by molar-refractivity contribution is 5.92. The van der Waals surface area contributed by atoms with Gasteiger partial charge in [0.2, 0.25) is 5.95 Å². The molecule has 1 heterocycles. The maximum absolute atomic E-state index is 12.0. The van der Waals surface area contributed by atoms with Gasteiger partial charge in [0.05, 0.1) is 12.0 Å². The molecule has 6 nitrogen and oxygen atoms in total. The molecule has 0 aromatic carbocycles. The van der Waals surface area contributed by atoms with Gasteiger partial charge in [0.15, 0.2) is 0 Å². The summed E-state index contributed by atoms with van der Waals surface area (Å²) in [6.45, 7) is 3.86.